The fourth-order valence-electron chi connectivity index (χ4n) is 1.90. The quantitative estimate of drug-likeness (QED) is 0.734. The van der Waals surface area contributed by atoms with Gasteiger partial charge in [-0.3, -0.25) is 5.32 Å². The van der Waals surface area contributed by atoms with Gasteiger partial charge >= 0.3 is 0 Å². The second-order valence-corrected chi connectivity index (χ2v) is 4.95. The summed E-state index contributed by atoms with van der Waals surface area (Å²) in [5, 5.41) is 3.49. The number of rotatable bonds is 1. The van der Waals surface area contributed by atoms with Gasteiger partial charge in [0, 0.05) is 12.0 Å². The molecule has 2 saturated heterocycles. The molecule has 2 aliphatic rings. The van der Waals surface area contributed by atoms with E-state index in [9.17, 15) is 0 Å². The SMILES string of the molecule is CC1COC(C2CCCSC2)N1.Cl. The van der Waals surface area contributed by atoms with Crippen LogP contribution >= 0.6 is 24.2 Å². The molecule has 2 fully saturated rings. The molecule has 3 unspecified atom stereocenters. The summed E-state index contributed by atoms with van der Waals surface area (Å²) in [6.45, 7) is 3.09. The van der Waals surface area contributed by atoms with Crippen LogP contribution in [0.25, 0.3) is 0 Å². The van der Waals surface area contributed by atoms with Crippen molar-refractivity contribution in [2.24, 2.45) is 5.92 Å². The number of nitrogens with one attached hydrogen (secondary N) is 1. The van der Waals surface area contributed by atoms with Crippen LogP contribution in [0.3, 0.4) is 0 Å². The van der Waals surface area contributed by atoms with Gasteiger partial charge in [0.05, 0.1) is 6.61 Å². The van der Waals surface area contributed by atoms with Crippen LogP contribution in [0.15, 0.2) is 0 Å². The average molecular weight is 224 g/mol. The van der Waals surface area contributed by atoms with Gasteiger partial charge in [0.1, 0.15) is 6.23 Å². The lowest BCUT2D eigenvalue weighted by Crippen LogP contribution is -2.37. The third-order valence-corrected chi connectivity index (χ3v) is 3.84. The Morgan fingerprint density at radius 1 is 1.46 bits per heavy atom. The second-order valence-electron chi connectivity index (χ2n) is 3.80. The molecule has 0 aromatic heterocycles. The maximum absolute atomic E-state index is 5.68. The van der Waals surface area contributed by atoms with Crippen molar-refractivity contribution >= 4 is 24.2 Å². The molecule has 0 aromatic carbocycles. The lowest BCUT2D eigenvalue weighted by Gasteiger charge is -2.26. The van der Waals surface area contributed by atoms with Crippen LogP contribution in [0.5, 0.6) is 0 Å². The third-order valence-electron chi connectivity index (χ3n) is 2.60. The molecular formula is C9H18ClNOS. The summed E-state index contributed by atoms with van der Waals surface area (Å²) < 4.78 is 5.68. The third kappa shape index (κ3) is 3.01. The molecule has 0 spiro atoms. The second kappa shape index (κ2) is 5.44. The topological polar surface area (TPSA) is 21.3 Å². The van der Waals surface area contributed by atoms with Crippen molar-refractivity contribution in [2.45, 2.75) is 32.0 Å². The van der Waals surface area contributed by atoms with Crippen molar-refractivity contribution in [1.29, 1.82) is 0 Å². The van der Waals surface area contributed by atoms with E-state index in [4.69, 9.17) is 4.74 Å². The van der Waals surface area contributed by atoms with Crippen molar-refractivity contribution in [3.8, 4) is 0 Å². The predicted molar refractivity (Wildman–Crippen MR) is 59.6 cm³/mol. The molecule has 2 rings (SSSR count). The fraction of sp³-hybridized carbons (Fsp3) is 1.00. The highest BCUT2D eigenvalue weighted by Crippen LogP contribution is 2.27. The smallest absolute Gasteiger partial charge is 0.112 e. The molecule has 3 atom stereocenters. The van der Waals surface area contributed by atoms with Crippen molar-refractivity contribution < 1.29 is 4.74 Å². The summed E-state index contributed by atoms with van der Waals surface area (Å²) >= 11 is 2.07. The summed E-state index contributed by atoms with van der Waals surface area (Å²) in [4.78, 5) is 0. The number of hydrogen-bond acceptors (Lipinski definition) is 3. The Morgan fingerprint density at radius 2 is 2.31 bits per heavy atom. The van der Waals surface area contributed by atoms with E-state index in [1.807, 2.05) is 0 Å². The van der Waals surface area contributed by atoms with E-state index >= 15 is 0 Å². The Labute approximate surface area is 90.6 Å². The van der Waals surface area contributed by atoms with Crippen LogP contribution in [0.4, 0.5) is 0 Å². The normalized spacial score (nSPS) is 39.9. The first kappa shape index (κ1) is 11.6. The van der Waals surface area contributed by atoms with E-state index in [1.54, 1.807) is 0 Å². The molecule has 0 radical (unpaired) electrons. The van der Waals surface area contributed by atoms with Gasteiger partial charge in [-0.2, -0.15) is 11.8 Å². The molecule has 4 heteroatoms. The van der Waals surface area contributed by atoms with Gasteiger partial charge in [-0.1, -0.05) is 0 Å². The predicted octanol–water partition coefficient (Wildman–Crippen LogP) is 1.89. The van der Waals surface area contributed by atoms with Gasteiger partial charge < -0.3 is 4.74 Å². The lowest BCUT2D eigenvalue weighted by atomic mass is 10.0. The van der Waals surface area contributed by atoms with Crippen molar-refractivity contribution in [2.75, 3.05) is 18.1 Å². The van der Waals surface area contributed by atoms with Crippen molar-refractivity contribution in [1.82, 2.24) is 5.32 Å². The maximum atomic E-state index is 5.68. The van der Waals surface area contributed by atoms with Crippen LogP contribution in [-0.4, -0.2) is 30.4 Å². The lowest BCUT2D eigenvalue weighted by molar-refractivity contribution is 0.0556. The highest BCUT2D eigenvalue weighted by atomic mass is 35.5. The van der Waals surface area contributed by atoms with Gasteiger partial charge in [-0.05, 0) is 31.3 Å². The summed E-state index contributed by atoms with van der Waals surface area (Å²) in [7, 11) is 0. The Kier molecular flexibility index (Phi) is 4.87. The Bertz CT molecular complexity index is 150. The number of hydrogen-bond donors (Lipinski definition) is 1. The molecule has 0 aromatic rings. The van der Waals surface area contributed by atoms with Crippen LogP contribution in [0.1, 0.15) is 19.8 Å². The minimum absolute atomic E-state index is 0. The van der Waals surface area contributed by atoms with Gasteiger partial charge in [0.2, 0.25) is 0 Å². The van der Waals surface area contributed by atoms with Crippen LogP contribution < -0.4 is 5.32 Å². The summed E-state index contributed by atoms with van der Waals surface area (Å²) in [5.74, 6) is 3.39. The Balaban J connectivity index is 0.000000845. The van der Waals surface area contributed by atoms with Crippen LogP contribution in [-0.2, 0) is 4.74 Å². The minimum Gasteiger partial charge on any atom is -0.361 e. The van der Waals surface area contributed by atoms with Crippen molar-refractivity contribution in [3.63, 3.8) is 0 Å². The molecule has 2 aliphatic heterocycles. The van der Waals surface area contributed by atoms with E-state index in [2.05, 4.69) is 24.0 Å². The minimum atomic E-state index is 0. The molecule has 0 amide bonds. The standard InChI is InChI=1S/C9H17NOS.ClH/c1-7-5-11-9(10-7)8-3-2-4-12-6-8;/h7-10H,2-6H2,1H3;1H. The molecule has 0 aliphatic carbocycles. The van der Waals surface area contributed by atoms with E-state index in [0.29, 0.717) is 12.3 Å². The Hall–Kier alpha value is 0.560. The molecule has 78 valence electrons. The van der Waals surface area contributed by atoms with E-state index in [-0.39, 0.29) is 12.4 Å². The van der Waals surface area contributed by atoms with Crippen LogP contribution in [0, 0.1) is 5.92 Å². The number of ether oxygens (including phenoxy) is 1. The zero-order valence-electron chi connectivity index (χ0n) is 7.99. The Morgan fingerprint density at radius 3 is 2.85 bits per heavy atom. The molecule has 2 heterocycles. The molecule has 0 saturated carbocycles. The van der Waals surface area contributed by atoms with Gasteiger partial charge in [-0.15, -0.1) is 12.4 Å². The molecule has 2 nitrogen and oxygen atoms in total. The maximum Gasteiger partial charge on any atom is 0.112 e. The summed E-state index contributed by atoms with van der Waals surface area (Å²) in [5.41, 5.74) is 0. The van der Waals surface area contributed by atoms with E-state index in [1.165, 1.54) is 24.3 Å². The van der Waals surface area contributed by atoms with Gasteiger partial charge in [0.15, 0.2) is 0 Å². The molecule has 0 bridgehead atoms. The summed E-state index contributed by atoms with van der Waals surface area (Å²) in [6.07, 6.45) is 3.07. The van der Waals surface area contributed by atoms with Crippen LogP contribution in [0.2, 0.25) is 0 Å². The monoisotopic (exact) mass is 223 g/mol. The fourth-order valence-corrected chi connectivity index (χ4v) is 3.08. The zero-order chi connectivity index (χ0) is 8.39. The molecule has 13 heavy (non-hydrogen) atoms. The van der Waals surface area contributed by atoms with Crippen molar-refractivity contribution in [3.05, 3.63) is 0 Å². The zero-order valence-corrected chi connectivity index (χ0v) is 9.63. The first-order valence-corrected chi connectivity index (χ1v) is 5.97. The number of halogens is 1. The summed E-state index contributed by atoms with van der Waals surface area (Å²) in [6, 6.07) is 0.557. The van der Waals surface area contributed by atoms with Gasteiger partial charge in [-0.25, -0.2) is 0 Å². The highest BCUT2D eigenvalue weighted by molar-refractivity contribution is 7.99. The van der Waals surface area contributed by atoms with Gasteiger partial charge in [0.25, 0.3) is 0 Å². The molecular weight excluding hydrogens is 206 g/mol. The first-order chi connectivity index (χ1) is 5.86. The number of thioether (sulfide) groups is 1. The highest BCUT2D eigenvalue weighted by Gasteiger charge is 2.29. The molecule has 1 N–H and O–H groups in total. The average Bonchev–Trinajstić information content (AvgIpc) is 2.54. The largest absolute Gasteiger partial charge is 0.361 e. The first-order valence-electron chi connectivity index (χ1n) is 4.81. The van der Waals surface area contributed by atoms with E-state index in [0.717, 1.165) is 12.5 Å². The van der Waals surface area contributed by atoms with E-state index < -0.39 is 0 Å².